The maximum Gasteiger partial charge on any atom is 0.341 e. The van der Waals surface area contributed by atoms with Gasteiger partial charge in [-0.1, -0.05) is 29.3 Å². The number of halogens is 4. The van der Waals surface area contributed by atoms with Crippen LogP contribution >= 0.6 is 68.4 Å². The van der Waals surface area contributed by atoms with Crippen molar-refractivity contribution in [3.05, 3.63) is 58.7 Å². The molecule has 2 aromatic rings. The van der Waals surface area contributed by atoms with Gasteiger partial charge in [-0.15, -0.1) is 0 Å². The summed E-state index contributed by atoms with van der Waals surface area (Å²) in [4.78, 5) is 23.1. The molecule has 6 nitrogen and oxygen atoms in total. The van der Waals surface area contributed by atoms with Crippen LogP contribution in [0, 0.1) is 18.5 Å². The predicted molar refractivity (Wildman–Crippen MR) is 124 cm³/mol. The van der Waals surface area contributed by atoms with Gasteiger partial charge in [-0.05, 0) is 81.1 Å². The molecule has 0 aliphatic heterocycles. The Hall–Kier alpha value is -1.55. The normalized spacial score (nSPS) is 10.9. The van der Waals surface area contributed by atoms with Gasteiger partial charge in [0, 0.05) is 0 Å². The van der Waals surface area contributed by atoms with Crippen LogP contribution in [0.5, 0.6) is 5.75 Å². The molecule has 0 aliphatic carbocycles. The number of benzene rings is 2. The molecule has 0 unspecified atom stereocenters. The Morgan fingerprint density at radius 2 is 1.89 bits per heavy atom. The van der Waals surface area contributed by atoms with Crippen LogP contribution in [0.1, 0.15) is 5.56 Å². The van der Waals surface area contributed by atoms with Gasteiger partial charge in [0.25, 0.3) is 5.91 Å². The number of rotatable bonds is 6. The van der Waals surface area contributed by atoms with Crippen LogP contribution in [0.3, 0.4) is 0 Å². The molecule has 1 amide bonds. The Kier molecular flexibility index (Phi) is 8.36. The number of hydrogen-bond acceptors (Lipinski definition) is 4. The van der Waals surface area contributed by atoms with Gasteiger partial charge in [-0.25, -0.2) is 4.79 Å². The maximum absolute atomic E-state index is 12.4. The van der Waals surface area contributed by atoms with Gasteiger partial charge in [0.2, 0.25) is 0 Å². The summed E-state index contributed by atoms with van der Waals surface area (Å²) < 4.78 is 6.55. The molecular formula is C18H10Cl2I2N2O4. The molecule has 10 heteroatoms. The summed E-state index contributed by atoms with van der Waals surface area (Å²) in [5.74, 6) is -1.30. The lowest BCUT2D eigenvalue weighted by Crippen LogP contribution is -2.14. The van der Waals surface area contributed by atoms with Crippen molar-refractivity contribution in [3.63, 3.8) is 0 Å². The smallest absolute Gasteiger partial charge is 0.341 e. The first kappa shape index (κ1) is 22.7. The minimum Gasteiger partial charge on any atom is -0.480 e. The highest BCUT2D eigenvalue weighted by molar-refractivity contribution is 14.1. The van der Waals surface area contributed by atoms with Crippen molar-refractivity contribution in [1.82, 2.24) is 0 Å². The Bertz CT molecular complexity index is 996. The van der Waals surface area contributed by atoms with Crippen molar-refractivity contribution < 1.29 is 19.4 Å². The van der Waals surface area contributed by atoms with Gasteiger partial charge in [0.1, 0.15) is 17.4 Å². The zero-order chi connectivity index (χ0) is 20.8. The van der Waals surface area contributed by atoms with E-state index in [2.05, 4.69) is 5.32 Å². The SMILES string of the molecule is N#C/C(=C/c1cc(I)c(OCC(=O)O)c(I)c1)C(=O)Nc1cccc(Cl)c1Cl. The molecule has 0 saturated heterocycles. The highest BCUT2D eigenvalue weighted by atomic mass is 127. The quantitative estimate of drug-likeness (QED) is 0.256. The fourth-order valence-electron chi connectivity index (χ4n) is 2.04. The summed E-state index contributed by atoms with van der Waals surface area (Å²) in [6.07, 6.45) is 1.42. The van der Waals surface area contributed by atoms with E-state index in [0.29, 0.717) is 24.1 Å². The summed E-state index contributed by atoms with van der Waals surface area (Å²) in [5.41, 5.74) is 0.740. The first-order valence-electron chi connectivity index (χ1n) is 7.43. The molecule has 0 aliphatic rings. The second-order valence-corrected chi connectivity index (χ2v) is 8.33. The summed E-state index contributed by atoms with van der Waals surface area (Å²) in [5, 5.41) is 21.1. The van der Waals surface area contributed by atoms with E-state index in [0.717, 1.165) is 0 Å². The summed E-state index contributed by atoms with van der Waals surface area (Å²) in [7, 11) is 0. The Labute approximate surface area is 197 Å². The molecule has 0 fully saturated rings. The van der Waals surface area contributed by atoms with E-state index in [1.165, 1.54) is 6.08 Å². The Morgan fingerprint density at radius 1 is 1.25 bits per heavy atom. The number of nitrogens with zero attached hydrogens (tertiary/aromatic N) is 1. The average molecular weight is 643 g/mol. The maximum atomic E-state index is 12.4. The molecule has 2 rings (SSSR count). The number of amides is 1. The van der Waals surface area contributed by atoms with Gasteiger partial charge >= 0.3 is 5.97 Å². The van der Waals surface area contributed by atoms with Gasteiger partial charge in [-0.3, -0.25) is 4.79 Å². The third kappa shape index (κ3) is 5.97. The van der Waals surface area contributed by atoms with Crippen molar-refractivity contribution in [2.24, 2.45) is 0 Å². The summed E-state index contributed by atoms with van der Waals surface area (Å²) in [6, 6.07) is 9.99. The monoisotopic (exact) mass is 642 g/mol. The zero-order valence-electron chi connectivity index (χ0n) is 13.8. The van der Waals surface area contributed by atoms with Crippen molar-refractivity contribution in [1.29, 1.82) is 5.26 Å². The second kappa shape index (κ2) is 10.3. The van der Waals surface area contributed by atoms with E-state index in [1.54, 1.807) is 30.3 Å². The van der Waals surface area contributed by atoms with E-state index in [-0.39, 0.29) is 15.6 Å². The number of carbonyl (C=O) groups is 2. The highest BCUT2D eigenvalue weighted by Gasteiger charge is 2.15. The van der Waals surface area contributed by atoms with Crippen molar-refractivity contribution in [3.8, 4) is 11.8 Å². The Morgan fingerprint density at radius 3 is 2.46 bits per heavy atom. The standard InChI is InChI=1S/C18H10Cl2I2N2O4/c19-11-2-1-3-14(16(11)20)24-18(27)10(7-23)4-9-5-12(21)17(13(22)6-9)28-8-15(25)26/h1-6H,8H2,(H,24,27)(H,25,26)/b10-4-. The largest absolute Gasteiger partial charge is 0.480 e. The molecule has 0 bridgehead atoms. The van der Waals surface area contributed by atoms with E-state index in [1.807, 2.05) is 51.3 Å². The number of nitrogens with one attached hydrogen (secondary N) is 1. The molecule has 0 atom stereocenters. The third-order valence-electron chi connectivity index (χ3n) is 3.24. The molecule has 0 saturated carbocycles. The average Bonchev–Trinajstić information content (AvgIpc) is 2.62. The van der Waals surface area contributed by atoms with Crippen molar-refractivity contribution in [2.75, 3.05) is 11.9 Å². The molecule has 0 spiro atoms. The van der Waals surface area contributed by atoms with E-state index >= 15 is 0 Å². The van der Waals surface area contributed by atoms with Crippen LogP contribution in [0.15, 0.2) is 35.9 Å². The van der Waals surface area contributed by atoms with Gasteiger partial charge in [0.05, 0.1) is 22.9 Å². The number of hydrogen-bond donors (Lipinski definition) is 2. The minimum atomic E-state index is -1.08. The number of ether oxygens (including phenoxy) is 1. The fourth-order valence-corrected chi connectivity index (χ4v) is 4.52. The molecule has 144 valence electrons. The molecule has 2 N–H and O–H groups in total. The summed E-state index contributed by atoms with van der Waals surface area (Å²) in [6.45, 7) is -0.465. The van der Waals surface area contributed by atoms with Crippen molar-refractivity contribution >= 4 is 92.0 Å². The molecule has 0 heterocycles. The first-order valence-corrected chi connectivity index (χ1v) is 10.3. The van der Waals surface area contributed by atoms with E-state index in [9.17, 15) is 14.9 Å². The molecule has 2 aromatic carbocycles. The van der Waals surface area contributed by atoms with Crippen LogP contribution in [0.2, 0.25) is 10.0 Å². The third-order valence-corrected chi connectivity index (χ3v) is 5.66. The second-order valence-electron chi connectivity index (χ2n) is 5.22. The van der Waals surface area contributed by atoms with Gasteiger partial charge in [0.15, 0.2) is 6.61 Å². The van der Waals surface area contributed by atoms with Crippen LogP contribution in [0.25, 0.3) is 6.08 Å². The van der Waals surface area contributed by atoms with Crippen LogP contribution < -0.4 is 10.1 Å². The zero-order valence-corrected chi connectivity index (χ0v) is 19.6. The summed E-state index contributed by atoms with van der Waals surface area (Å²) >= 11 is 16.0. The number of carboxylic acids is 1. The Balaban J connectivity index is 2.28. The van der Waals surface area contributed by atoms with Gasteiger partial charge < -0.3 is 15.2 Å². The minimum absolute atomic E-state index is 0.137. The lowest BCUT2D eigenvalue weighted by Gasteiger charge is -2.10. The molecule has 0 aromatic heterocycles. The fraction of sp³-hybridized carbons (Fsp3) is 0.0556. The van der Waals surface area contributed by atoms with Crippen LogP contribution in [-0.2, 0) is 9.59 Å². The molecule has 28 heavy (non-hydrogen) atoms. The lowest BCUT2D eigenvalue weighted by atomic mass is 10.1. The number of carboxylic acid groups (broad SMARTS) is 1. The van der Waals surface area contributed by atoms with E-state index < -0.39 is 18.5 Å². The number of nitriles is 1. The predicted octanol–water partition coefficient (Wildman–Crippen LogP) is 5.21. The first-order chi connectivity index (χ1) is 13.2. The van der Waals surface area contributed by atoms with E-state index in [4.69, 9.17) is 33.0 Å². The number of carbonyl (C=O) groups excluding carboxylic acids is 1. The van der Waals surface area contributed by atoms with Crippen LogP contribution in [0.4, 0.5) is 5.69 Å². The number of anilines is 1. The van der Waals surface area contributed by atoms with Crippen molar-refractivity contribution in [2.45, 2.75) is 0 Å². The van der Waals surface area contributed by atoms with Crippen LogP contribution in [-0.4, -0.2) is 23.6 Å². The lowest BCUT2D eigenvalue weighted by molar-refractivity contribution is -0.139. The molecular weight excluding hydrogens is 633 g/mol. The molecule has 0 radical (unpaired) electrons. The highest BCUT2D eigenvalue weighted by Crippen LogP contribution is 2.31. The topological polar surface area (TPSA) is 99.4 Å². The number of aliphatic carboxylic acids is 1. The van der Waals surface area contributed by atoms with Gasteiger partial charge in [-0.2, -0.15) is 5.26 Å².